The normalized spacial score (nSPS) is 14.0. The smallest absolute Gasteiger partial charge is 0.135 e. The first-order valence-corrected chi connectivity index (χ1v) is 10.00. The van der Waals surface area contributed by atoms with Crippen LogP contribution in [-0.2, 0) is 6.54 Å². The van der Waals surface area contributed by atoms with Crippen LogP contribution >= 0.6 is 0 Å². The summed E-state index contributed by atoms with van der Waals surface area (Å²) in [5.74, 6) is 1.59. The fourth-order valence-corrected chi connectivity index (χ4v) is 3.48. The summed E-state index contributed by atoms with van der Waals surface area (Å²) in [6, 6.07) is 19.1. The van der Waals surface area contributed by atoms with Gasteiger partial charge >= 0.3 is 0 Å². The molecule has 4 rings (SSSR count). The van der Waals surface area contributed by atoms with Crippen molar-refractivity contribution in [1.82, 2.24) is 9.97 Å². The first-order valence-electron chi connectivity index (χ1n) is 10.00. The molecule has 0 amide bonds. The molecule has 2 aromatic carbocycles. The highest BCUT2D eigenvalue weighted by Crippen LogP contribution is 2.23. The van der Waals surface area contributed by atoms with Crippen LogP contribution in [0.1, 0.15) is 30.4 Å². The SMILES string of the molecule is Cc1ccc(CNc2cc(Nc3ccc(N4CCCCC4)cc3)ncn2)cc1. The first kappa shape index (κ1) is 18.3. The number of nitrogens with zero attached hydrogens (tertiary/aromatic N) is 3. The quantitative estimate of drug-likeness (QED) is 0.627. The van der Waals surface area contributed by atoms with E-state index in [0.717, 1.165) is 37.0 Å². The lowest BCUT2D eigenvalue weighted by atomic mass is 10.1. The lowest BCUT2D eigenvalue weighted by molar-refractivity contribution is 0.578. The van der Waals surface area contributed by atoms with Crippen LogP contribution in [0.15, 0.2) is 60.9 Å². The third-order valence-corrected chi connectivity index (χ3v) is 5.12. The van der Waals surface area contributed by atoms with E-state index in [1.54, 1.807) is 6.33 Å². The highest BCUT2D eigenvalue weighted by atomic mass is 15.1. The van der Waals surface area contributed by atoms with Gasteiger partial charge in [-0.05, 0) is 56.0 Å². The van der Waals surface area contributed by atoms with E-state index in [-0.39, 0.29) is 0 Å². The number of aryl methyl sites for hydroxylation is 1. The monoisotopic (exact) mass is 373 g/mol. The van der Waals surface area contributed by atoms with Crippen LogP contribution in [0.25, 0.3) is 0 Å². The summed E-state index contributed by atoms with van der Waals surface area (Å²) in [5.41, 5.74) is 4.83. The van der Waals surface area contributed by atoms with E-state index in [9.17, 15) is 0 Å². The van der Waals surface area contributed by atoms with Crippen molar-refractivity contribution in [3.8, 4) is 0 Å². The van der Waals surface area contributed by atoms with Gasteiger partial charge in [-0.3, -0.25) is 0 Å². The topological polar surface area (TPSA) is 53.1 Å². The Labute approximate surface area is 166 Å². The van der Waals surface area contributed by atoms with Gasteiger partial charge in [-0.15, -0.1) is 0 Å². The van der Waals surface area contributed by atoms with E-state index in [2.05, 4.69) is 81.0 Å². The van der Waals surface area contributed by atoms with Crippen molar-refractivity contribution in [3.63, 3.8) is 0 Å². The van der Waals surface area contributed by atoms with Crippen molar-refractivity contribution in [1.29, 1.82) is 0 Å². The lowest BCUT2D eigenvalue weighted by Crippen LogP contribution is -2.29. The van der Waals surface area contributed by atoms with Gasteiger partial charge in [-0.1, -0.05) is 29.8 Å². The number of nitrogens with one attached hydrogen (secondary N) is 2. The van der Waals surface area contributed by atoms with Gasteiger partial charge in [0, 0.05) is 37.1 Å². The van der Waals surface area contributed by atoms with Crippen LogP contribution in [0.3, 0.4) is 0 Å². The second-order valence-corrected chi connectivity index (χ2v) is 7.35. The molecule has 144 valence electrons. The second kappa shape index (κ2) is 8.74. The van der Waals surface area contributed by atoms with Crippen molar-refractivity contribution in [3.05, 3.63) is 72.1 Å². The van der Waals surface area contributed by atoms with Gasteiger partial charge in [0.05, 0.1) is 0 Å². The Kier molecular flexibility index (Phi) is 5.71. The summed E-state index contributed by atoms with van der Waals surface area (Å²) in [6.07, 6.45) is 5.52. The largest absolute Gasteiger partial charge is 0.372 e. The summed E-state index contributed by atoms with van der Waals surface area (Å²) in [6.45, 7) is 5.16. The van der Waals surface area contributed by atoms with Crippen molar-refractivity contribution in [2.24, 2.45) is 0 Å². The van der Waals surface area contributed by atoms with Crippen molar-refractivity contribution in [2.45, 2.75) is 32.7 Å². The predicted octanol–water partition coefficient (Wildman–Crippen LogP) is 5.13. The average Bonchev–Trinajstić information content (AvgIpc) is 2.75. The van der Waals surface area contributed by atoms with E-state index < -0.39 is 0 Å². The zero-order valence-electron chi connectivity index (χ0n) is 16.4. The standard InChI is InChI=1S/C23H27N5/c1-18-5-7-19(8-6-18)16-24-22-15-23(26-17-25-22)27-20-9-11-21(12-10-20)28-13-3-2-4-14-28/h5-12,15,17H,2-4,13-14,16H2,1H3,(H2,24,25,26,27). The highest BCUT2D eigenvalue weighted by molar-refractivity contribution is 5.62. The predicted molar refractivity (Wildman–Crippen MR) is 116 cm³/mol. The van der Waals surface area contributed by atoms with Crippen molar-refractivity contribution >= 4 is 23.0 Å². The van der Waals surface area contributed by atoms with Gasteiger partial charge in [0.1, 0.15) is 18.0 Å². The molecule has 1 fully saturated rings. The van der Waals surface area contributed by atoms with Crippen LogP contribution < -0.4 is 15.5 Å². The molecule has 0 atom stereocenters. The van der Waals surface area contributed by atoms with Gasteiger partial charge in [-0.25, -0.2) is 9.97 Å². The third-order valence-electron chi connectivity index (χ3n) is 5.12. The maximum atomic E-state index is 4.34. The van der Waals surface area contributed by atoms with Crippen LogP contribution in [0.4, 0.5) is 23.0 Å². The highest BCUT2D eigenvalue weighted by Gasteiger charge is 2.10. The molecule has 0 radical (unpaired) electrons. The maximum Gasteiger partial charge on any atom is 0.135 e. The summed E-state index contributed by atoms with van der Waals surface area (Å²) in [4.78, 5) is 11.1. The Morgan fingerprint density at radius 3 is 2.32 bits per heavy atom. The molecule has 5 heteroatoms. The fraction of sp³-hybridized carbons (Fsp3) is 0.304. The van der Waals surface area contributed by atoms with Gasteiger partial charge in [0.15, 0.2) is 0 Å². The first-order chi connectivity index (χ1) is 13.8. The Morgan fingerprint density at radius 2 is 1.57 bits per heavy atom. The Balaban J connectivity index is 1.36. The van der Waals surface area contributed by atoms with Crippen LogP contribution in [0.5, 0.6) is 0 Å². The molecule has 1 saturated heterocycles. The van der Waals surface area contributed by atoms with E-state index in [0.29, 0.717) is 0 Å². The van der Waals surface area contributed by atoms with Gasteiger partial charge in [0.2, 0.25) is 0 Å². The molecule has 0 unspecified atom stereocenters. The molecule has 2 heterocycles. The molecule has 28 heavy (non-hydrogen) atoms. The molecule has 1 aliphatic heterocycles. The van der Waals surface area contributed by atoms with Crippen molar-refractivity contribution in [2.75, 3.05) is 28.6 Å². The van der Waals surface area contributed by atoms with Crippen molar-refractivity contribution < 1.29 is 0 Å². The minimum Gasteiger partial charge on any atom is -0.372 e. The molecule has 2 N–H and O–H groups in total. The molecular formula is C23H27N5. The molecule has 5 nitrogen and oxygen atoms in total. The van der Waals surface area contributed by atoms with Gasteiger partial charge in [0.25, 0.3) is 0 Å². The van der Waals surface area contributed by atoms with E-state index in [4.69, 9.17) is 0 Å². The van der Waals surface area contributed by atoms with Gasteiger partial charge < -0.3 is 15.5 Å². The van der Waals surface area contributed by atoms with Crippen LogP contribution in [0, 0.1) is 6.92 Å². The number of benzene rings is 2. The number of piperidine rings is 1. The van der Waals surface area contributed by atoms with Crippen LogP contribution in [-0.4, -0.2) is 23.1 Å². The number of anilines is 4. The molecule has 0 aliphatic carbocycles. The summed E-state index contributed by atoms with van der Waals surface area (Å²) < 4.78 is 0. The second-order valence-electron chi connectivity index (χ2n) is 7.35. The van der Waals surface area contributed by atoms with Crippen LogP contribution in [0.2, 0.25) is 0 Å². The summed E-state index contributed by atoms with van der Waals surface area (Å²) in [5, 5.41) is 6.73. The zero-order valence-corrected chi connectivity index (χ0v) is 16.4. The van der Waals surface area contributed by atoms with E-state index in [1.165, 1.54) is 36.1 Å². The maximum absolute atomic E-state index is 4.34. The molecule has 1 aromatic heterocycles. The zero-order chi connectivity index (χ0) is 19.2. The van der Waals surface area contributed by atoms with E-state index in [1.807, 2.05) is 6.07 Å². The fourth-order valence-electron chi connectivity index (χ4n) is 3.48. The molecule has 1 aliphatic rings. The number of hydrogen-bond donors (Lipinski definition) is 2. The lowest BCUT2D eigenvalue weighted by Gasteiger charge is -2.28. The minimum absolute atomic E-state index is 0.737. The molecule has 0 bridgehead atoms. The summed E-state index contributed by atoms with van der Waals surface area (Å²) in [7, 11) is 0. The van der Waals surface area contributed by atoms with E-state index >= 15 is 0 Å². The molecule has 0 spiro atoms. The number of rotatable bonds is 6. The average molecular weight is 374 g/mol. The molecular weight excluding hydrogens is 346 g/mol. The Morgan fingerprint density at radius 1 is 0.857 bits per heavy atom. The minimum atomic E-state index is 0.737. The van der Waals surface area contributed by atoms with Gasteiger partial charge in [-0.2, -0.15) is 0 Å². The number of hydrogen-bond acceptors (Lipinski definition) is 5. The number of aromatic nitrogens is 2. The molecule has 0 saturated carbocycles. The Bertz CT molecular complexity index is 884. The third kappa shape index (κ3) is 4.80. The molecule has 3 aromatic rings. The summed E-state index contributed by atoms with van der Waals surface area (Å²) >= 11 is 0. The Hall–Kier alpha value is -3.08.